The molecule has 0 saturated carbocycles. The third-order valence-electron chi connectivity index (χ3n) is 3.31. The summed E-state index contributed by atoms with van der Waals surface area (Å²) in [4.78, 5) is 37.7. The highest BCUT2D eigenvalue weighted by Crippen LogP contribution is 2.01. The van der Waals surface area contributed by atoms with E-state index in [0.29, 0.717) is 13.1 Å². The van der Waals surface area contributed by atoms with Crippen LogP contribution in [0.4, 0.5) is 4.79 Å². The quantitative estimate of drug-likeness (QED) is 0.603. The van der Waals surface area contributed by atoms with Gasteiger partial charge in [0.15, 0.2) is 0 Å². The SMILES string of the molecule is CC(C)N(CCC(=O)O)C(=O)NCC(=O)N1CCNCC1. The van der Waals surface area contributed by atoms with Crippen LogP contribution in [0.5, 0.6) is 0 Å². The number of rotatable bonds is 6. The van der Waals surface area contributed by atoms with Gasteiger partial charge in [-0.2, -0.15) is 0 Å². The fourth-order valence-corrected chi connectivity index (χ4v) is 2.09. The van der Waals surface area contributed by atoms with Crippen LogP contribution in [0.2, 0.25) is 0 Å². The molecule has 1 heterocycles. The summed E-state index contributed by atoms with van der Waals surface area (Å²) in [6.07, 6.45) is -0.114. The maximum Gasteiger partial charge on any atom is 0.318 e. The second-order valence-corrected chi connectivity index (χ2v) is 5.22. The first-order valence-electron chi connectivity index (χ1n) is 7.16. The maximum atomic E-state index is 12.0. The Labute approximate surface area is 124 Å². The van der Waals surface area contributed by atoms with Crippen LogP contribution >= 0.6 is 0 Å². The molecule has 0 aromatic carbocycles. The Kier molecular flexibility index (Phi) is 6.93. The Bertz CT molecular complexity index is 380. The van der Waals surface area contributed by atoms with E-state index in [1.165, 1.54) is 4.90 Å². The molecule has 1 aliphatic rings. The van der Waals surface area contributed by atoms with Crippen molar-refractivity contribution in [2.45, 2.75) is 26.3 Å². The molecule has 8 nitrogen and oxygen atoms in total. The van der Waals surface area contributed by atoms with Gasteiger partial charge in [0.2, 0.25) is 5.91 Å². The molecule has 0 atom stereocenters. The minimum atomic E-state index is -0.953. The predicted molar refractivity (Wildman–Crippen MR) is 76.9 cm³/mol. The average molecular weight is 300 g/mol. The summed E-state index contributed by atoms with van der Waals surface area (Å²) < 4.78 is 0. The van der Waals surface area contributed by atoms with Gasteiger partial charge < -0.3 is 25.5 Å². The van der Waals surface area contributed by atoms with Gasteiger partial charge in [-0.15, -0.1) is 0 Å². The molecule has 1 rings (SSSR count). The van der Waals surface area contributed by atoms with Gasteiger partial charge in [-0.3, -0.25) is 9.59 Å². The lowest BCUT2D eigenvalue weighted by Crippen LogP contribution is -2.52. The molecule has 3 N–H and O–H groups in total. The van der Waals surface area contributed by atoms with E-state index in [0.717, 1.165) is 13.1 Å². The van der Waals surface area contributed by atoms with Crippen molar-refractivity contribution in [3.05, 3.63) is 0 Å². The molecule has 1 saturated heterocycles. The normalized spacial score (nSPS) is 14.9. The molecule has 0 aromatic rings. The smallest absolute Gasteiger partial charge is 0.318 e. The number of carbonyl (C=O) groups excluding carboxylic acids is 2. The third-order valence-corrected chi connectivity index (χ3v) is 3.31. The first-order chi connectivity index (χ1) is 9.91. The fraction of sp³-hybridized carbons (Fsp3) is 0.769. The molecule has 8 heteroatoms. The highest BCUT2D eigenvalue weighted by Gasteiger charge is 2.20. The lowest BCUT2D eigenvalue weighted by atomic mass is 10.3. The van der Waals surface area contributed by atoms with E-state index in [9.17, 15) is 14.4 Å². The standard InChI is InChI=1S/C13H24N4O4/c1-10(2)17(6-3-12(19)20)13(21)15-9-11(18)16-7-4-14-5-8-16/h10,14H,3-9H2,1-2H3,(H,15,21)(H,19,20). The zero-order valence-corrected chi connectivity index (χ0v) is 12.6. The molecule has 0 aliphatic carbocycles. The van der Waals surface area contributed by atoms with Crippen LogP contribution < -0.4 is 10.6 Å². The number of piperazine rings is 1. The van der Waals surface area contributed by atoms with Crippen LogP contribution in [0.1, 0.15) is 20.3 Å². The Balaban J connectivity index is 2.41. The number of amides is 3. The Morgan fingerprint density at radius 3 is 2.43 bits per heavy atom. The lowest BCUT2D eigenvalue weighted by molar-refractivity contribution is -0.137. The first-order valence-corrected chi connectivity index (χ1v) is 7.16. The average Bonchev–Trinajstić information content (AvgIpc) is 2.45. The summed E-state index contributed by atoms with van der Waals surface area (Å²) in [5.74, 6) is -1.07. The second kappa shape index (κ2) is 8.46. The fourth-order valence-electron chi connectivity index (χ4n) is 2.09. The minimum Gasteiger partial charge on any atom is -0.481 e. The topological polar surface area (TPSA) is 102 Å². The molecule has 0 radical (unpaired) electrons. The Morgan fingerprint density at radius 2 is 1.90 bits per heavy atom. The molecule has 0 bridgehead atoms. The molecule has 0 spiro atoms. The van der Waals surface area contributed by atoms with Gasteiger partial charge in [0, 0.05) is 38.8 Å². The number of nitrogens with zero attached hydrogens (tertiary/aromatic N) is 2. The monoisotopic (exact) mass is 300 g/mol. The molecular weight excluding hydrogens is 276 g/mol. The summed E-state index contributed by atoms with van der Waals surface area (Å²) in [5.41, 5.74) is 0. The van der Waals surface area contributed by atoms with Gasteiger partial charge in [0.25, 0.3) is 0 Å². The maximum absolute atomic E-state index is 12.0. The van der Waals surface area contributed by atoms with Crippen molar-refractivity contribution in [2.24, 2.45) is 0 Å². The van der Waals surface area contributed by atoms with Crippen molar-refractivity contribution in [3.8, 4) is 0 Å². The zero-order chi connectivity index (χ0) is 15.8. The van der Waals surface area contributed by atoms with Crippen LogP contribution in [0, 0.1) is 0 Å². The molecular formula is C13H24N4O4. The summed E-state index contributed by atoms with van der Waals surface area (Å²) >= 11 is 0. The van der Waals surface area contributed by atoms with Crippen LogP contribution in [0.25, 0.3) is 0 Å². The van der Waals surface area contributed by atoms with Crippen LogP contribution in [-0.2, 0) is 9.59 Å². The number of hydrogen-bond donors (Lipinski definition) is 3. The van der Waals surface area contributed by atoms with Crippen LogP contribution in [0.3, 0.4) is 0 Å². The summed E-state index contributed by atoms with van der Waals surface area (Å²) in [6.45, 7) is 6.48. The lowest BCUT2D eigenvalue weighted by Gasteiger charge is -2.29. The molecule has 1 fully saturated rings. The van der Waals surface area contributed by atoms with E-state index in [1.54, 1.807) is 18.7 Å². The van der Waals surface area contributed by atoms with Crippen molar-refractivity contribution < 1.29 is 19.5 Å². The van der Waals surface area contributed by atoms with Gasteiger partial charge in [-0.25, -0.2) is 4.79 Å². The molecule has 1 aliphatic heterocycles. The highest BCUT2D eigenvalue weighted by molar-refractivity contribution is 5.84. The molecule has 21 heavy (non-hydrogen) atoms. The number of nitrogens with one attached hydrogen (secondary N) is 2. The first kappa shape index (κ1) is 17.2. The number of carbonyl (C=O) groups is 3. The Hall–Kier alpha value is -1.83. The van der Waals surface area contributed by atoms with Gasteiger partial charge in [0.1, 0.15) is 0 Å². The summed E-state index contributed by atoms with van der Waals surface area (Å²) in [6, 6.07) is -0.534. The third kappa shape index (κ3) is 5.99. The summed E-state index contributed by atoms with van der Waals surface area (Å²) in [7, 11) is 0. The number of carboxylic acids is 1. The number of urea groups is 1. The van der Waals surface area contributed by atoms with E-state index >= 15 is 0 Å². The van der Waals surface area contributed by atoms with Crippen molar-refractivity contribution in [1.82, 2.24) is 20.4 Å². The van der Waals surface area contributed by atoms with E-state index in [1.807, 2.05) is 0 Å². The van der Waals surface area contributed by atoms with Gasteiger partial charge >= 0.3 is 12.0 Å². The van der Waals surface area contributed by atoms with E-state index in [-0.39, 0.29) is 31.5 Å². The van der Waals surface area contributed by atoms with E-state index < -0.39 is 12.0 Å². The van der Waals surface area contributed by atoms with Gasteiger partial charge in [0.05, 0.1) is 13.0 Å². The van der Waals surface area contributed by atoms with Crippen LogP contribution in [0.15, 0.2) is 0 Å². The van der Waals surface area contributed by atoms with Crippen molar-refractivity contribution >= 4 is 17.9 Å². The second-order valence-electron chi connectivity index (χ2n) is 5.22. The predicted octanol–water partition coefficient (Wildman–Crippen LogP) is -0.687. The molecule has 0 unspecified atom stereocenters. The largest absolute Gasteiger partial charge is 0.481 e. The molecule has 120 valence electrons. The number of carboxylic acid groups (broad SMARTS) is 1. The van der Waals surface area contributed by atoms with E-state index in [4.69, 9.17) is 5.11 Å². The highest BCUT2D eigenvalue weighted by atomic mass is 16.4. The van der Waals surface area contributed by atoms with Crippen LogP contribution in [-0.4, -0.2) is 78.1 Å². The van der Waals surface area contributed by atoms with Gasteiger partial charge in [-0.05, 0) is 13.8 Å². The van der Waals surface area contributed by atoms with Crippen molar-refractivity contribution in [1.29, 1.82) is 0 Å². The van der Waals surface area contributed by atoms with Gasteiger partial charge in [-0.1, -0.05) is 0 Å². The zero-order valence-electron chi connectivity index (χ0n) is 12.6. The molecule has 3 amide bonds. The Morgan fingerprint density at radius 1 is 1.29 bits per heavy atom. The van der Waals surface area contributed by atoms with Crippen molar-refractivity contribution in [2.75, 3.05) is 39.3 Å². The number of aliphatic carboxylic acids is 1. The minimum absolute atomic E-state index is 0.0604. The molecule has 0 aromatic heterocycles. The van der Waals surface area contributed by atoms with E-state index in [2.05, 4.69) is 10.6 Å². The van der Waals surface area contributed by atoms with Crippen molar-refractivity contribution in [3.63, 3.8) is 0 Å². The summed E-state index contributed by atoms with van der Waals surface area (Å²) in [5, 5.41) is 14.4. The number of hydrogen-bond acceptors (Lipinski definition) is 4.